The SMILES string of the molecule is CC(=O)CSC[C@H](C)C(=O)N[C@@H](CCN)C(=O)NCCCCCCCCCCC(=O)O. The number of unbranched alkanes of at least 4 members (excludes halogenated alkanes) is 7. The minimum Gasteiger partial charge on any atom is -0.481 e. The normalized spacial score (nSPS) is 12.7. The summed E-state index contributed by atoms with van der Waals surface area (Å²) >= 11 is 1.42. The fourth-order valence-corrected chi connectivity index (χ4v) is 3.91. The van der Waals surface area contributed by atoms with Crippen molar-refractivity contribution in [1.82, 2.24) is 10.6 Å². The van der Waals surface area contributed by atoms with Crippen molar-refractivity contribution in [3.63, 3.8) is 0 Å². The van der Waals surface area contributed by atoms with E-state index in [1.165, 1.54) is 18.7 Å². The van der Waals surface area contributed by atoms with Crippen LogP contribution in [0.4, 0.5) is 0 Å². The molecule has 180 valence electrons. The first kappa shape index (κ1) is 29.4. The number of nitrogens with one attached hydrogen (secondary N) is 2. The molecular formula is C22H41N3O5S. The Labute approximate surface area is 190 Å². The number of amides is 2. The minimum atomic E-state index is -0.728. The van der Waals surface area contributed by atoms with Gasteiger partial charge in [-0.05, 0) is 32.7 Å². The van der Waals surface area contributed by atoms with E-state index in [1.54, 1.807) is 6.92 Å². The molecule has 0 aromatic heterocycles. The van der Waals surface area contributed by atoms with Gasteiger partial charge in [-0.3, -0.25) is 19.2 Å². The molecule has 0 fully saturated rings. The van der Waals surface area contributed by atoms with Gasteiger partial charge >= 0.3 is 5.97 Å². The zero-order valence-electron chi connectivity index (χ0n) is 19.1. The molecule has 0 aliphatic carbocycles. The van der Waals surface area contributed by atoms with Crippen LogP contribution in [0, 0.1) is 5.92 Å². The molecule has 0 radical (unpaired) electrons. The summed E-state index contributed by atoms with van der Waals surface area (Å²) in [6.45, 7) is 4.17. The highest BCUT2D eigenvalue weighted by atomic mass is 32.2. The van der Waals surface area contributed by atoms with E-state index in [1.807, 2.05) is 0 Å². The molecule has 0 aliphatic rings. The Balaban J connectivity index is 3.95. The van der Waals surface area contributed by atoms with Gasteiger partial charge in [0.05, 0.1) is 5.75 Å². The van der Waals surface area contributed by atoms with E-state index in [0.717, 1.165) is 51.4 Å². The molecule has 5 N–H and O–H groups in total. The van der Waals surface area contributed by atoms with Crippen LogP contribution in [-0.4, -0.2) is 59.3 Å². The molecule has 0 heterocycles. The molecular weight excluding hydrogens is 418 g/mol. The minimum absolute atomic E-state index is 0.0775. The first-order valence-electron chi connectivity index (χ1n) is 11.3. The highest BCUT2D eigenvalue weighted by molar-refractivity contribution is 7.99. The molecule has 31 heavy (non-hydrogen) atoms. The number of hydrogen-bond acceptors (Lipinski definition) is 6. The first-order chi connectivity index (χ1) is 14.8. The highest BCUT2D eigenvalue weighted by Crippen LogP contribution is 2.10. The van der Waals surface area contributed by atoms with Crippen molar-refractivity contribution >= 4 is 35.3 Å². The zero-order valence-corrected chi connectivity index (χ0v) is 19.9. The number of ketones is 1. The van der Waals surface area contributed by atoms with E-state index >= 15 is 0 Å². The lowest BCUT2D eigenvalue weighted by Crippen LogP contribution is -2.49. The number of rotatable bonds is 20. The van der Waals surface area contributed by atoms with Crippen molar-refractivity contribution in [3.8, 4) is 0 Å². The van der Waals surface area contributed by atoms with Gasteiger partial charge in [0.15, 0.2) is 0 Å². The van der Waals surface area contributed by atoms with Crippen molar-refractivity contribution in [2.24, 2.45) is 11.7 Å². The summed E-state index contributed by atoms with van der Waals surface area (Å²) in [4.78, 5) is 46.2. The van der Waals surface area contributed by atoms with Gasteiger partial charge in [0, 0.05) is 24.6 Å². The summed E-state index contributed by atoms with van der Waals surface area (Å²) in [5.41, 5.74) is 5.60. The Hall–Kier alpha value is -1.61. The molecule has 0 aromatic carbocycles. The molecule has 0 unspecified atom stereocenters. The lowest BCUT2D eigenvalue weighted by atomic mass is 10.1. The standard InChI is InChI=1S/C22H41N3O5S/c1-17(15-31-16-18(2)26)21(29)25-19(12-13-23)22(30)24-14-10-8-6-4-3-5-7-9-11-20(27)28/h17,19H,3-16,23H2,1-2H3,(H,24,30)(H,25,29)(H,27,28)/t17-,19-/m0/s1. The average molecular weight is 460 g/mol. The van der Waals surface area contributed by atoms with Crippen molar-refractivity contribution in [1.29, 1.82) is 0 Å². The van der Waals surface area contributed by atoms with E-state index in [9.17, 15) is 19.2 Å². The maximum Gasteiger partial charge on any atom is 0.303 e. The summed E-state index contributed by atoms with van der Waals surface area (Å²) in [6, 6.07) is -0.636. The van der Waals surface area contributed by atoms with Gasteiger partial charge in [-0.15, -0.1) is 0 Å². The van der Waals surface area contributed by atoms with Gasteiger partial charge in [0.2, 0.25) is 11.8 Å². The Morgan fingerprint density at radius 2 is 1.52 bits per heavy atom. The third-order valence-corrected chi connectivity index (χ3v) is 6.17. The first-order valence-corrected chi connectivity index (χ1v) is 12.5. The van der Waals surface area contributed by atoms with Gasteiger partial charge in [-0.1, -0.05) is 45.4 Å². The lowest BCUT2D eigenvalue weighted by molar-refractivity contribution is -0.137. The Morgan fingerprint density at radius 1 is 0.935 bits per heavy atom. The van der Waals surface area contributed by atoms with Crippen molar-refractivity contribution in [2.75, 3.05) is 24.6 Å². The summed E-state index contributed by atoms with van der Waals surface area (Å²) in [5, 5.41) is 14.3. The van der Waals surface area contributed by atoms with E-state index in [-0.39, 0.29) is 29.9 Å². The third kappa shape index (κ3) is 17.7. The predicted molar refractivity (Wildman–Crippen MR) is 125 cm³/mol. The molecule has 0 spiro atoms. The van der Waals surface area contributed by atoms with Crippen LogP contribution >= 0.6 is 11.8 Å². The summed E-state index contributed by atoms with van der Waals surface area (Å²) in [5.74, 6) is -0.436. The van der Waals surface area contributed by atoms with Crippen LogP contribution in [0.15, 0.2) is 0 Å². The number of nitrogens with two attached hydrogens (primary N) is 1. The Morgan fingerprint density at radius 3 is 2.06 bits per heavy atom. The fraction of sp³-hybridized carbons (Fsp3) is 0.818. The second kappa shape index (κ2) is 19.1. The number of carboxylic acids is 1. The molecule has 0 aliphatic heterocycles. The lowest BCUT2D eigenvalue weighted by Gasteiger charge is -2.20. The van der Waals surface area contributed by atoms with Gasteiger partial charge in [0.1, 0.15) is 11.8 Å². The average Bonchev–Trinajstić information content (AvgIpc) is 2.70. The van der Waals surface area contributed by atoms with Crippen molar-refractivity contribution < 1.29 is 24.3 Å². The van der Waals surface area contributed by atoms with Crippen LogP contribution in [0.25, 0.3) is 0 Å². The van der Waals surface area contributed by atoms with Crippen LogP contribution in [0.3, 0.4) is 0 Å². The number of Topliss-reactive ketones (excluding diaryl/α,β-unsaturated/α-hetero) is 1. The van der Waals surface area contributed by atoms with Crippen LogP contribution in [0.2, 0.25) is 0 Å². The zero-order chi connectivity index (χ0) is 23.5. The molecule has 0 saturated carbocycles. The topological polar surface area (TPSA) is 139 Å². The summed E-state index contributed by atoms with van der Waals surface area (Å²) in [7, 11) is 0. The van der Waals surface area contributed by atoms with E-state index in [2.05, 4.69) is 10.6 Å². The van der Waals surface area contributed by atoms with Gasteiger partial charge < -0.3 is 21.5 Å². The Kier molecular flexibility index (Phi) is 18.1. The molecule has 0 saturated heterocycles. The largest absolute Gasteiger partial charge is 0.481 e. The van der Waals surface area contributed by atoms with Crippen molar-refractivity contribution in [2.45, 2.75) is 84.1 Å². The van der Waals surface area contributed by atoms with Crippen LogP contribution in [-0.2, 0) is 19.2 Å². The smallest absolute Gasteiger partial charge is 0.303 e. The van der Waals surface area contributed by atoms with E-state index in [0.29, 0.717) is 31.0 Å². The summed E-state index contributed by atoms with van der Waals surface area (Å²) in [6.07, 6.45) is 8.63. The highest BCUT2D eigenvalue weighted by Gasteiger charge is 2.22. The van der Waals surface area contributed by atoms with Crippen LogP contribution in [0.5, 0.6) is 0 Å². The fourth-order valence-electron chi connectivity index (χ4n) is 3.00. The quantitative estimate of drug-likeness (QED) is 0.205. The van der Waals surface area contributed by atoms with Crippen LogP contribution < -0.4 is 16.4 Å². The van der Waals surface area contributed by atoms with E-state index < -0.39 is 12.0 Å². The number of carbonyl (C=O) groups is 4. The second-order valence-corrected chi connectivity index (χ2v) is 9.05. The molecule has 0 aromatic rings. The molecule has 0 bridgehead atoms. The Bertz CT molecular complexity index is 545. The van der Waals surface area contributed by atoms with E-state index in [4.69, 9.17) is 10.8 Å². The van der Waals surface area contributed by atoms with Crippen molar-refractivity contribution in [3.05, 3.63) is 0 Å². The molecule has 0 rings (SSSR count). The van der Waals surface area contributed by atoms with Crippen LogP contribution in [0.1, 0.15) is 78.1 Å². The van der Waals surface area contributed by atoms with Gasteiger partial charge in [-0.2, -0.15) is 11.8 Å². The molecule has 2 atom stereocenters. The monoisotopic (exact) mass is 459 g/mol. The second-order valence-electron chi connectivity index (χ2n) is 8.02. The number of carboxylic acid groups (broad SMARTS) is 1. The third-order valence-electron chi connectivity index (χ3n) is 4.83. The predicted octanol–water partition coefficient (Wildman–Crippen LogP) is 2.49. The summed E-state index contributed by atoms with van der Waals surface area (Å²) < 4.78 is 0. The molecule has 8 nitrogen and oxygen atoms in total. The number of thioether (sulfide) groups is 1. The van der Waals surface area contributed by atoms with Gasteiger partial charge in [0.25, 0.3) is 0 Å². The number of carbonyl (C=O) groups excluding carboxylic acids is 3. The number of hydrogen-bond donors (Lipinski definition) is 4. The maximum absolute atomic E-state index is 12.4. The number of aliphatic carboxylic acids is 1. The molecule has 2 amide bonds. The maximum atomic E-state index is 12.4. The molecule has 9 heteroatoms. The van der Waals surface area contributed by atoms with Gasteiger partial charge in [-0.25, -0.2) is 0 Å².